The maximum absolute atomic E-state index is 11.0. The van der Waals surface area contributed by atoms with E-state index in [4.69, 9.17) is 4.74 Å². The molecule has 0 aromatic heterocycles. The largest absolute Gasteiger partial charge is 0.495 e. The highest BCUT2D eigenvalue weighted by Gasteiger charge is 2.04. The van der Waals surface area contributed by atoms with Gasteiger partial charge in [0.05, 0.1) is 12.8 Å². The van der Waals surface area contributed by atoms with Crippen LogP contribution in [0.2, 0.25) is 0 Å². The van der Waals surface area contributed by atoms with E-state index in [0.717, 1.165) is 30.1 Å². The van der Waals surface area contributed by atoms with Gasteiger partial charge < -0.3 is 15.4 Å². The van der Waals surface area contributed by atoms with Gasteiger partial charge in [-0.25, -0.2) is 0 Å². The second kappa shape index (κ2) is 7.58. The highest BCUT2D eigenvalue weighted by molar-refractivity contribution is 5.89. The molecule has 0 aliphatic heterocycles. The lowest BCUT2D eigenvalue weighted by Crippen LogP contribution is -2.07. The highest BCUT2D eigenvalue weighted by atomic mass is 16.5. The van der Waals surface area contributed by atoms with Crippen molar-refractivity contribution in [3.05, 3.63) is 18.2 Å². The lowest BCUT2D eigenvalue weighted by Gasteiger charge is -2.13. The lowest BCUT2D eigenvalue weighted by atomic mass is 10.2. The summed E-state index contributed by atoms with van der Waals surface area (Å²) >= 11 is 0. The van der Waals surface area contributed by atoms with E-state index in [9.17, 15) is 4.79 Å². The molecule has 100 valence electrons. The molecule has 0 radical (unpaired) electrons. The number of carbonyl (C=O) groups excluding carboxylic acids is 1. The minimum absolute atomic E-state index is 0.0721. The Balaban J connectivity index is 2.69. The number of rotatable bonds is 7. The Bertz CT molecular complexity index is 391. The second-order valence-corrected chi connectivity index (χ2v) is 4.23. The van der Waals surface area contributed by atoms with E-state index in [1.807, 2.05) is 18.2 Å². The molecule has 0 saturated heterocycles. The molecule has 0 aliphatic rings. The van der Waals surface area contributed by atoms with Gasteiger partial charge in [-0.15, -0.1) is 0 Å². The number of hydrogen-bond acceptors (Lipinski definition) is 3. The van der Waals surface area contributed by atoms with Crippen LogP contribution in [0.1, 0.15) is 33.1 Å². The lowest BCUT2D eigenvalue weighted by molar-refractivity contribution is -0.114. The van der Waals surface area contributed by atoms with Crippen molar-refractivity contribution < 1.29 is 9.53 Å². The molecule has 0 saturated carbocycles. The van der Waals surface area contributed by atoms with Crippen molar-refractivity contribution in [2.45, 2.75) is 33.1 Å². The minimum atomic E-state index is -0.0721. The van der Waals surface area contributed by atoms with Crippen molar-refractivity contribution in [1.29, 1.82) is 0 Å². The van der Waals surface area contributed by atoms with Crippen LogP contribution in [0.25, 0.3) is 0 Å². The van der Waals surface area contributed by atoms with Gasteiger partial charge in [-0.3, -0.25) is 4.79 Å². The first-order valence-corrected chi connectivity index (χ1v) is 6.37. The standard InChI is InChI=1S/C14H22N2O2/c1-4-5-6-9-15-13-10-12(16-11(2)17)7-8-14(13)18-3/h7-8,10,15H,4-6,9H2,1-3H3,(H,16,17). The van der Waals surface area contributed by atoms with Crippen LogP contribution in [0.4, 0.5) is 11.4 Å². The first-order chi connectivity index (χ1) is 8.67. The van der Waals surface area contributed by atoms with Gasteiger partial charge in [-0.2, -0.15) is 0 Å². The average Bonchev–Trinajstić information content (AvgIpc) is 2.34. The van der Waals surface area contributed by atoms with E-state index in [1.54, 1.807) is 7.11 Å². The Morgan fingerprint density at radius 3 is 2.72 bits per heavy atom. The summed E-state index contributed by atoms with van der Waals surface area (Å²) in [5.74, 6) is 0.720. The number of nitrogens with one attached hydrogen (secondary N) is 2. The average molecular weight is 250 g/mol. The van der Waals surface area contributed by atoms with E-state index < -0.39 is 0 Å². The third-order valence-electron chi connectivity index (χ3n) is 2.62. The van der Waals surface area contributed by atoms with Crippen LogP contribution < -0.4 is 15.4 Å². The molecule has 0 fully saturated rings. The number of methoxy groups -OCH3 is 1. The van der Waals surface area contributed by atoms with Crippen molar-refractivity contribution in [3.63, 3.8) is 0 Å². The molecule has 0 bridgehead atoms. The van der Waals surface area contributed by atoms with E-state index >= 15 is 0 Å². The number of amides is 1. The van der Waals surface area contributed by atoms with Gasteiger partial charge in [0.25, 0.3) is 0 Å². The summed E-state index contributed by atoms with van der Waals surface area (Å²) in [6.07, 6.45) is 3.54. The van der Waals surface area contributed by atoms with Gasteiger partial charge in [0.2, 0.25) is 5.91 Å². The Morgan fingerprint density at radius 2 is 2.11 bits per heavy atom. The fourth-order valence-electron chi connectivity index (χ4n) is 1.73. The maximum atomic E-state index is 11.0. The summed E-state index contributed by atoms with van der Waals surface area (Å²) in [6, 6.07) is 5.58. The van der Waals surface area contributed by atoms with Crippen molar-refractivity contribution >= 4 is 17.3 Å². The van der Waals surface area contributed by atoms with Gasteiger partial charge in [0, 0.05) is 19.2 Å². The Morgan fingerprint density at radius 1 is 1.33 bits per heavy atom. The fraction of sp³-hybridized carbons (Fsp3) is 0.500. The summed E-state index contributed by atoms with van der Waals surface area (Å²) < 4.78 is 5.29. The molecule has 0 unspecified atom stereocenters. The smallest absolute Gasteiger partial charge is 0.221 e. The summed E-state index contributed by atoms with van der Waals surface area (Å²) in [5, 5.41) is 6.10. The molecule has 0 heterocycles. The number of carbonyl (C=O) groups is 1. The van der Waals surface area contributed by atoms with Crippen LogP contribution in [0.5, 0.6) is 5.75 Å². The number of unbranched alkanes of at least 4 members (excludes halogenated alkanes) is 2. The van der Waals surface area contributed by atoms with Gasteiger partial charge in [-0.05, 0) is 24.6 Å². The molecular formula is C14H22N2O2. The zero-order chi connectivity index (χ0) is 13.4. The zero-order valence-corrected chi connectivity index (χ0v) is 11.4. The van der Waals surface area contributed by atoms with E-state index in [-0.39, 0.29) is 5.91 Å². The SMILES string of the molecule is CCCCCNc1cc(NC(C)=O)ccc1OC. The van der Waals surface area contributed by atoms with Crippen LogP contribution >= 0.6 is 0 Å². The number of ether oxygens (including phenoxy) is 1. The van der Waals surface area contributed by atoms with Gasteiger partial charge >= 0.3 is 0 Å². The number of benzene rings is 1. The molecule has 2 N–H and O–H groups in total. The summed E-state index contributed by atoms with van der Waals surface area (Å²) in [6.45, 7) is 4.59. The first kappa shape index (κ1) is 14.4. The third kappa shape index (κ3) is 4.65. The van der Waals surface area contributed by atoms with Gasteiger partial charge in [0.15, 0.2) is 0 Å². The monoisotopic (exact) mass is 250 g/mol. The van der Waals surface area contributed by atoms with Crippen molar-refractivity contribution in [1.82, 2.24) is 0 Å². The van der Waals surface area contributed by atoms with Crippen molar-refractivity contribution in [2.75, 3.05) is 24.3 Å². The second-order valence-electron chi connectivity index (χ2n) is 4.23. The zero-order valence-electron chi connectivity index (χ0n) is 11.4. The molecule has 18 heavy (non-hydrogen) atoms. The molecule has 1 rings (SSSR count). The molecule has 0 atom stereocenters. The van der Waals surface area contributed by atoms with E-state index in [0.29, 0.717) is 0 Å². The predicted molar refractivity (Wildman–Crippen MR) is 75.3 cm³/mol. The van der Waals surface area contributed by atoms with Crippen LogP contribution in [0, 0.1) is 0 Å². The summed E-state index contributed by atoms with van der Waals surface area (Å²) in [5.41, 5.74) is 1.70. The molecule has 1 amide bonds. The van der Waals surface area contributed by atoms with E-state index in [1.165, 1.54) is 19.8 Å². The first-order valence-electron chi connectivity index (χ1n) is 6.37. The molecule has 1 aromatic carbocycles. The normalized spacial score (nSPS) is 9.94. The molecule has 4 heteroatoms. The molecule has 1 aromatic rings. The summed E-state index contributed by atoms with van der Waals surface area (Å²) in [4.78, 5) is 11.0. The Labute approximate surface area is 109 Å². The van der Waals surface area contributed by atoms with Crippen molar-refractivity contribution in [2.24, 2.45) is 0 Å². The van der Waals surface area contributed by atoms with Crippen LogP contribution in [0.15, 0.2) is 18.2 Å². The van der Waals surface area contributed by atoms with Crippen LogP contribution in [-0.2, 0) is 4.79 Å². The molecule has 4 nitrogen and oxygen atoms in total. The topological polar surface area (TPSA) is 50.4 Å². The van der Waals surface area contributed by atoms with Gasteiger partial charge in [0.1, 0.15) is 5.75 Å². The van der Waals surface area contributed by atoms with Crippen LogP contribution in [0.3, 0.4) is 0 Å². The predicted octanol–water partition coefficient (Wildman–Crippen LogP) is 3.26. The minimum Gasteiger partial charge on any atom is -0.495 e. The molecule has 0 aliphatic carbocycles. The number of anilines is 2. The highest BCUT2D eigenvalue weighted by Crippen LogP contribution is 2.27. The van der Waals surface area contributed by atoms with Crippen molar-refractivity contribution in [3.8, 4) is 5.75 Å². The molecule has 0 spiro atoms. The Hall–Kier alpha value is -1.71. The fourth-order valence-corrected chi connectivity index (χ4v) is 1.73. The van der Waals surface area contributed by atoms with E-state index in [2.05, 4.69) is 17.6 Å². The maximum Gasteiger partial charge on any atom is 0.221 e. The number of hydrogen-bond donors (Lipinski definition) is 2. The van der Waals surface area contributed by atoms with Gasteiger partial charge in [-0.1, -0.05) is 19.8 Å². The van der Waals surface area contributed by atoms with Crippen LogP contribution in [-0.4, -0.2) is 19.6 Å². The molecular weight excluding hydrogens is 228 g/mol. The summed E-state index contributed by atoms with van der Waals surface area (Å²) in [7, 11) is 1.64. The quantitative estimate of drug-likeness (QED) is 0.730. The third-order valence-corrected chi connectivity index (χ3v) is 2.62. The Kier molecular flexibility index (Phi) is 6.05.